The highest BCUT2D eigenvalue weighted by Crippen LogP contribution is 2.36. The summed E-state index contributed by atoms with van der Waals surface area (Å²) < 4.78 is 25.3. The smallest absolute Gasteiger partial charge is 0.254 e. The van der Waals surface area contributed by atoms with Crippen molar-refractivity contribution in [1.29, 1.82) is 0 Å². The minimum atomic E-state index is -0.572. The third-order valence-electron chi connectivity index (χ3n) is 6.02. The van der Waals surface area contributed by atoms with Crippen molar-refractivity contribution in [1.82, 2.24) is 4.90 Å². The third-order valence-corrected chi connectivity index (χ3v) is 6.02. The zero-order valence-corrected chi connectivity index (χ0v) is 20.4. The van der Waals surface area contributed by atoms with Gasteiger partial charge in [-0.15, -0.1) is 0 Å². The van der Waals surface area contributed by atoms with Crippen LogP contribution in [0.5, 0.6) is 0 Å². The fraction of sp³-hybridized carbons (Fsp3) is 0.840. The molecule has 0 spiro atoms. The number of rotatable bonds is 17. The van der Waals surface area contributed by atoms with Gasteiger partial charge >= 0.3 is 0 Å². The van der Waals surface area contributed by atoms with E-state index in [9.17, 15) is 9.59 Å². The molecule has 1 aliphatic carbocycles. The lowest BCUT2D eigenvalue weighted by Crippen LogP contribution is -2.53. The van der Waals surface area contributed by atoms with Crippen LogP contribution in [-0.2, 0) is 28.5 Å². The maximum atomic E-state index is 12.7. The largest absolute Gasteiger partial charge is 0.373 e. The highest BCUT2D eigenvalue weighted by atomic mass is 16.6. The zero-order chi connectivity index (χ0) is 23.3. The number of ether oxygens (including phenoxy) is 4. The molecular weight excluding hydrogens is 410 g/mol. The fourth-order valence-corrected chi connectivity index (χ4v) is 4.17. The molecular formula is C25H43NO6. The third kappa shape index (κ3) is 7.11. The first-order chi connectivity index (χ1) is 15.6. The Morgan fingerprint density at radius 1 is 0.594 bits per heavy atom. The van der Waals surface area contributed by atoms with E-state index in [4.69, 9.17) is 18.9 Å². The molecule has 0 bridgehead atoms. The number of nitrogens with zero attached hydrogens (tertiary/aromatic N) is 1. The van der Waals surface area contributed by atoms with Crippen LogP contribution in [0.1, 0.15) is 79.1 Å². The summed E-state index contributed by atoms with van der Waals surface area (Å²) in [5.74, 6) is -0.649. The number of unbranched alkanes of at least 4 members (excludes halogenated alkanes) is 4. The van der Waals surface area contributed by atoms with Crippen molar-refractivity contribution in [3.8, 4) is 0 Å². The first-order valence-electron chi connectivity index (χ1n) is 12.6. The number of carbonyl (C=O) groups is 2. The number of hydrogen-bond acceptors (Lipinski definition) is 6. The van der Waals surface area contributed by atoms with Crippen molar-refractivity contribution < 1.29 is 28.5 Å². The van der Waals surface area contributed by atoms with Crippen molar-refractivity contribution in [2.75, 3.05) is 26.4 Å². The van der Waals surface area contributed by atoms with Crippen LogP contribution in [0, 0.1) is 0 Å². The van der Waals surface area contributed by atoms with Gasteiger partial charge in [0.15, 0.2) is 0 Å². The van der Waals surface area contributed by atoms with Crippen LogP contribution in [0.2, 0.25) is 0 Å². The van der Waals surface area contributed by atoms with Gasteiger partial charge < -0.3 is 18.9 Å². The summed E-state index contributed by atoms with van der Waals surface area (Å²) in [4.78, 5) is 26.7. The lowest BCUT2D eigenvalue weighted by molar-refractivity contribution is -0.149. The lowest BCUT2D eigenvalue weighted by atomic mass is 10.1. The van der Waals surface area contributed by atoms with Gasteiger partial charge in [-0.3, -0.25) is 14.5 Å². The highest BCUT2D eigenvalue weighted by molar-refractivity contribution is 6.13. The minimum absolute atomic E-state index is 0.324. The Kier molecular flexibility index (Phi) is 12.5. The molecule has 2 rings (SSSR count). The monoisotopic (exact) mass is 453 g/mol. The molecule has 0 saturated heterocycles. The summed E-state index contributed by atoms with van der Waals surface area (Å²) in [6, 6.07) is -0.572. The summed E-state index contributed by atoms with van der Waals surface area (Å²) in [6.07, 6.45) is 8.56. The van der Waals surface area contributed by atoms with Gasteiger partial charge in [-0.1, -0.05) is 53.4 Å². The van der Waals surface area contributed by atoms with Gasteiger partial charge in [-0.25, -0.2) is 0 Å². The van der Waals surface area contributed by atoms with Crippen LogP contribution >= 0.6 is 0 Å². The lowest BCUT2D eigenvalue weighted by Gasteiger charge is -2.32. The van der Waals surface area contributed by atoms with Crippen LogP contribution in [0.25, 0.3) is 0 Å². The van der Waals surface area contributed by atoms with Gasteiger partial charge in [0, 0.05) is 38.6 Å². The Morgan fingerprint density at radius 3 is 1.22 bits per heavy atom. The molecule has 0 aromatic carbocycles. The Bertz CT molecular complexity index is 547. The van der Waals surface area contributed by atoms with Crippen LogP contribution in [0.4, 0.5) is 0 Å². The molecule has 1 aliphatic heterocycles. The number of hydrogen-bond donors (Lipinski definition) is 0. The van der Waals surface area contributed by atoms with Crippen molar-refractivity contribution in [2.24, 2.45) is 0 Å². The SMILES string of the molecule is CCCCOC1C(OCCCC)C(OCCCC)C(N2C(=O)C=CC2=O)C1OCCCC. The Hall–Kier alpha value is -1.28. The van der Waals surface area contributed by atoms with Crippen molar-refractivity contribution in [3.63, 3.8) is 0 Å². The first-order valence-corrected chi connectivity index (χ1v) is 12.6. The molecule has 0 aromatic heterocycles. The summed E-state index contributed by atoms with van der Waals surface area (Å²) in [7, 11) is 0. The van der Waals surface area contributed by atoms with E-state index in [1.807, 2.05) is 0 Å². The fourth-order valence-electron chi connectivity index (χ4n) is 4.17. The van der Waals surface area contributed by atoms with E-state index in [0.29, 0.717) is 26.4 Å². The van der Waals surface area contributed by atoms with E-state index in [-0.39, 0.29) is 11.8 Å². The van der Waals surface area contributed by atoms with E-state index in [1.54, 1.807) is 0 Å². The molecule has 1 fully saturated rings. The topological polar surface area (TPSA) is 74.3 Å². The highest BCUT2D eigenvalue weighted by Gasteiger charge is 2.58. The zero-order valence-electron chi connectivity index (χ0n) is 20.4. The van der Waals surface area contributed by atoms with Crippen molar-refractivity contribution in [3.05, 3.63) is 12.2 Å². The van der Waals surface area contributed by atoms with Crippen LogP contribution in [0.3, 0.4) is 0 Å². The average Bonchev–Trinajstić information content (AvgIpc) is 3.25. The van der Waals surface area contributed by atoms with E-state index in [2.05, 4.69) is 27.7 Å². The molecule has 2 aliphatic rings. The second kappa shape index (κ2) is 14.8. The van der Waals surface area contributed by atoms with E-state index >= 15 is 0 Å². The molecule has 0 N–H and O–H groups in total. The first kappa shape index (κ1) is 27.0. The van der Waals surface area contributed by atoms with Gasteiger partial charge in [-0.05, 0) is 25.7 Å². The van der Waals surface area contributed by atoms with Gasteiger partial charge in [0.1, 0.15) is 24.4 Å². The van der Waals surface area contributed by atoms with Crippen LogP contribution in [-0.4, -0.2) is 73.6 Å². The maximum absolute atomic E-state index is 12.7. The van der Waals surface area contributed by atoms with Crippen LogP contribution in [0.15, 0.2) is 12.2 Å². The number of imide groups is 1. The molecule has 184 valence electrons. The molecule has 1 heterocycles. The van der Waals surface area contributed by atoms with Crippen LogP contribution < -0.4 is 0 Å². The predicted octanol–water partition coefficient (Wildman–Crippen LogP) is 4.03. The van der Waals surface area contributed by atoms with Gasteiger partial charge in [0.25, 0.3) is 11.8 Å². The standard InChI is InChI=1S/C25H43NO6/c1-5-9-15-29-22-21(26-19(27)13-14-20(26)28)23(30-16-10-6-2)25(32-18-12-8-4)24(22)31-17-11-7-3/h13-14,21-25H,5-12,15-18H2,1-4H3. The van der Waals surface area contributed by atoms with Gasteiger partial charge in [-0.2, -0.15) is 0 Å². The van der Waals surface area contributed by atoms with Crippen molar-refractivity contribution in [2.45, 2.75) is 110 Å². The molecule has 7 nitrogen and oxygen atoms in total. The normalized spacial score (nSPS) is 27.8. The second-order valence-electron chi connectivity index (χ2n) is 8.63. The Labute approximate surface area is 193 Å². The van der Waals surface area contributed by atoms with E-state index < -0.39 is 30.5 Å². The molecule has 7 heteroatoms. The molecule has 0 aromatic rings. The molecule has 1 saturated carbocycles. The summed E-state index contributed by atoms with van der Waals surface area (Å²) in [5, 5.41) is 0. The predicted molar refractivity (Wildman–Crippen MR) is 123 cm³/mol. The summed E-state index contributed by atoms with van der Waals surface area (Å²) in [5.41, 5.74) is 0. The quantitative estimate of drug-likeness (QED) is 0.244. The molecule has 4 unspecified atom stereocenters. The van der Waals surface area contributed by atoms with Gasteiger partial charge in [0.05, 0.1) is 6.04 Å². The van der Waals surface area contributed by atoms with E-state index in [1.165, 1.54) is 17.1 Å². The van der Waals surface area contributed by atoms with E-state index in [0.717, 1.165) is 51.4 Å². The maximum Gasteiger partial charge on any atom is 0.254 e. The van der Waals surface area contributed by atoms with Gasteiger partial charge in [0.2, 0.25) is 0 Å². The Morgan fingerprint density at radius 2 is 0.906 bits per heavy atom. The molecule has 32 heavy (non-hydrogen) atoms. The molecule has 0 radical (unpaired) electrons. The Balaban J connectivity index is 2.37. The minimum Gasteiger partial charge on any atom is -0.373 e. The number of carbonyl (C=O) groups excluding carboxylic acids is 2. The summed E-state index contributed by atoms with van der Waals surface area (Å²) in [6.45, 7) is 10.7. The average molecular weight is 454 g/mol. The second-order valence-corrected chi connectivity index (χ2v) is 8.63. The molecule has 4 atom stereocenters. The molecule has 2 amide bonds. The van der Waals surface area contributed by atoms with Crippen molar-refractivity contribution >= 4 is 11.8 Å². The summed E-state index contributed by atoms with van der Waals surface area (Å²) >= 11 is 0. The number of amides is 2.